The van der Waals surface area contributed by atoms with Gasteiger partial charge in [-0.3, -0.25) is 0 Å². The first-order valence-electron chi connectivity index (χ1n) is 6.42. The molecular formula is C15H18ClNO2. The second-order valence-corrected chi connectivity index (χ2v) is 5.48. The van der Waals surface area contributed by atoms with Gasteiger partial charge in [-0.2, -0.15) is 0 Å². The summed E-state index contributed by atoms with van der Waals surface area (Å²) < 4.78 is 0. The summed E-state index contributed by atoms with van der Waals surface area (Å²) in [5, 5.41) is 9.25. The van der Waals surface area contributed by atoms with Crippen LogP contribution in [-0.2, 0) is 4.79 Å². The van der Waals surface area contributed by atoms with E-state index in [0.717, 1.165) is 23.2 Å². The quantitative estimate of drug-likeness (QED) is 0.836. The molecule has 1 saturated carbocycles. The van der Waals surface area contributed by atoms with Crippen molar-refractivity contribution in [3.05, 3.63) is 34.9 Å². The maximum atomic E-state index is 10.5. The van der Waals surface area contributed by atoms with E-state index in [9.17, 15) is 4.79 Å². The lowest BCUT2D eigenvalue weighted by Crippen LogP contribution is -2.30. The monoisotopic (exact) mass is 279 g/mol. The molecule has 4 heteroatoms. The first kappa shape index (κ1) is 13.9. The summed E-state index contributed by atoms with van der Waals surface area (Å²) >= 11 is 6.29. The molecule has 0 aliphatic heterocycles. The third-order valence-electron chi connectivity index (χ3n) is 3.69. The normalized spacial score (nSPS) is 16.6. The molecule has 3 nitrogen and oxygen atoms in total. The van der Waals surface area contributed by atoms with Crippen molar-refractivity contribution in [3.8, 4) is 0 Å². The van der Waals surface area contributed by atoms with E-state index < -0.39 is 5.97 Å². The van der Waals surface area contributed by atoms with Gasteiger partial charge in [0.05, 0.1) is 10.7 Å². The van der Waals surface area contributed by atoms with Gasteiger partial charge in [-0.25, -0.2) is 4.79 Å². The molecule has 0 radical (unpaired) electrons. The van der Waals surface area contributed by atoms with Crippen LogP contribution in [0.2, 0.25) is 5.02 Å². The summed E-state index contributed by atoms with van der Waals surface area (Å²) in [5.41, 5.74) is 1.79. The smallest absolute Gasteiger partial charge is 0.328 e. The number of aliphatic carboxylic acids is 1. The minimum Gasteiger partial charge on any atom is -0.478 e. The summed E-state index contributed by atoms with van der Waals surface area (Å²) in [7, 11) is 2.05. The van der Waals surface area contributed by atoms with Crippen molar-refractivity contribution in [2.75, 3.05) is 11.9 Å². The Balaban J connectivity index is 2.16. The third kappa shape index (κ3) is 3.51. The van der Waals surface area contributed by atoms with Gasteiger partial charge in [0.2, 0.25) is 0 Å². The van der Waals surface area contributed by atoms with Crippen molar-refractivity contribution in [3.63, 3.8) is 0 Å². The molecule has 1 fully saturated rings. The fourth-order valence-electron chi connectivity index (χ4n) is 2.19. The molecule has 1 aliphatic carbocycles. The standard InChI is InChI=1S/C15H18ClNO2/c1-10(12-5-6-12)17(2)14-7-3-11(9-13(14)16)4-8-15(18)19/h3-4,7-10,12H,5-6H2,1-2H3,(H,18,19)/b8-4+. The zero-order chi connectivity index (χ0) is 14.0. The largest absolute Gasteiger partial charge is 0.478 e. The molecule has 0 bridgehead atoms. The number of rotatable bonds is 5. The van der Waals surface area contributed by atoms with Gasteiger partial charge in [0.25, 0.3) is 0 Å². The molecule has 102 valence electrons. The maximum Gasteiger partial charge on any atom is 0.328 e. The van der Waals surface area contributed by atoms with Crippen LogP contribution >= 0.6 is 11.6 Å². The van der Waals surface area contributed by atoms with Crippen LogP contribution in [0.15, 0.2) is 24.3 Å². The van der Waals surface area contributed by atoms with E-state index in [1.165, 1.54) is 12.8 Å². The Hall–Kier alpha value is -1.48. The van der Waals surface area contributed by atoms with E-state index in [1.807, 2.05) is 12.1 Å². The number of carbonyl (C=O) groups is 1. The van der Waals surface area contributed by atoms with E-state index >= 15 is 0 Å². The third-order valence-corrected chi connectivity index (χ3v) is 3.99. The van der Waals surface area contributed by atoms with Gasteiger partial charge >= 0.3 is 5.97 Å². The highest BCUT2D eigenvalue weighted by Gasteiger charge is 2.31. The molecule has 1 aromatic carbocycles. The molecule has 0 spiro atoms. The summed E-state index contributed by atoms with van der Waals surface area (Å²) in [6.45, 7) is 2.21. The summed E-state index contributed by atoms with van der Waals surface area (Å²) in [6.07, 6.45) is 5.25. The van der Waals surface area contributed by atoms with Crippen molar-refractivity contribution >= 4 is 29.3 Å². The van der Waals surface area contributed by atoms with E-state index in [4.69, 9.17) is 16.7 Å². The molecule has 0 saturated heterocycles. The van der Waals surface area contributed by atoms with Gasteiger partial charge in [0.15, 0.2) is 0 Å². The highest BCUT2D eigenvalue weighted by atomic mass is 35.5. The number of halogens is 1. The fraction of sp³-hybridized carbons (Fsp3) is 0.400. The molecule has 19 heavy (non-hydrogen) atoms. The lowest BCUT2D eigenvalue weighted by Gasteiger charge is -2.28. The van der Waals surface area contributed by atoms with Crippen LogP contribution in [0.3, 0.4) is 0 Å². The second-order valence-electron chi connectivity index (χ2n) is 5.07. The van der Waals surface area contributed by atoms with Crippen molar-refractivity contribution in [1.82, 2.24) is 0 Å². The molecule has 1 N–H and O–H groups in total. The maximum absolute atomic E-state index is 10.5. The molecule has 1 aromatic rings. The molecule has 0 aromatic heterocycles. The number of nitrogens with zero attached hydrogens (tertiary/aromatic N) is 1. The van der Waals surface area contributed by atoms with Gasteiger partial charge < -0.3 is 10.0 Å². The number of hydrogen-bond acceptors (Lipinski definition) is 2. The van der Waals surface area contributed by atoms with Gasteiger partial charge in [-0.05, 0) is 49.5 Å². The van der Waals surface area contributed by atoms with Crippen LogP contribution in [-0.4, -0.2) is 24.2 Å². The van der Waals surface area contributed by atoms with Crippen LogP contribution in [0.4, 0.5) is 5.69 Å². The average Bonchev–Trinajstić information content (AvgIpc) is 3.19. The zero-order valence-corrected chi connectivity index (χ0v) is 11.9. The molecule has 0 amide bonds. The van der Waals surface area contributed by atoms with Gasteiger partial charge in [0, 0.05) is 19.2 Å². The molecular weight excluding hydrogens is 262 g/mol. The lowest BCUT2D eigenvalue weighted by atomic mass is 10.1. The first-order chi connectivity index (χ1) is 8.99. The van der Waals surface area contributed by atoms with Crippen LogP contribution in [0.5, 0.6) is 0 Å². The van der Waals surface area contributed by atoms with Crippen LogP contribution in [0.25, 0.3) is 6.08 Å². The van der Waals surface area contributed by atoms with Crippen molar-refractivity contribution in [2.24, 2.45) is 5.92 Å². The summed E-state index contributed by atoms with van der Waals surface area (Å²) in [4.78, 5) is 12.7. The van der Waals surface area contributed by atoms with E-state index in [2.05, 4.69) is 18.9 Å². The Kier molecular flexibility index (Phi) is 4.15. The first-order valence-corrected chi connectivity index (χ1v) is 6.80. The predicted molar refractivity (Wildman–Crippen MR) is 78.7 cm³/mol. The van der Waals surface area contributed by atoms with Crippen molar-refractivity contribution in [2.45, 2.75) is 25.8 Å². The average molecular weight is 280 g/mol. The SMILES string of the molecule is CC(C1CC1)N(C)c1ccc(/C=C/C(=O)O)cc1Cl. The number of carboxylic acid groups (broad SMARTS) is 1. The Morgan fingerprint density at radius 1 is 1.53 bits per heavy atom. The number of carboxylic acids is 1. The van der Waals surface area contributed by atoms with E-state index in [0.29, 0.717) is 11.1 Å². The highest BCUT2D eigenvalue weighted by molar-refractivity contribution is 6.33. The number of anilines is 1. The number of benzene rings is 1. The minimum absolute atomic E-state index is 0.484. The van der Waals surface area contributed by atoms with Crippen molar-refractivity contribution < 1.29 is 9.90 Å². The van der Waals surface area contributed by atoms with Gasteiger partial charge in [-0.15, -0.1) is 0 Å². The van der Waals surface area contributed by atoms with E-state index in [1.54, 1.807) is 12.1 Å². The van der Waals surface area contributed by atoms with Crippen LogP contribution in [0.1, 0.15) is 25.3 Å². The van der Waals surface area contributed by atoms with Crippen molar-refractivity contribution in [1.29, 1.82) is 0 Å². The Morgan fingerprint density at radius 2 is 2.21 bits per heavy atom. The topological polar surface area (TPSA) is 40.5 Å². The van der Waals surface area contributed by atoms with Crippen LogP contribution < -0.4 is 4.90 Å². The number of hydrogen-bond donors (Lipinski definition) is 1. The highest BCUT2D eigenvalue weighted by Crippen LogP contribution is 2.38. The fourth-order valence-corrected chi connectivity index (χ4v) is 2.52. The molecule has 2 rings (SSSR count). The molecule has 0 heterocycles. The Bertz CT molecular complexity index is 509. The van der Waals surface area contributed by atoms with Gasteiger partial charge in [0.1, 0.15) is 0 Å². The molecule has 1 unspecified atom stereocenters. The van der Waals surface area contributed by atoms with Crippen LogP contribution in [0, 0.1) is 5.92 Å². The predicted octanol–water partition coefficient (Wildman–Crippen LogP) is 3.67. The molecule has 1 atom stereocenters. The Morgan fingerprint density at radius 3 is 2.74 bits per heavy atom. The molecule has 1 aliphatic rings. The second kappa shape index (κ2) is 5.66. The summed E-state index contributed by atoms with van der Waals surface area (Å²) in [6, 6.07) is 6.12. The van der Waals surface area contributed by atoms with E-state index in [-0.39, 0.29) is 0 Å². The summed E-state index contributed by atoms with van der Waals surface area (Å²) in [5.74, 6) is -0.188. The zero-order valence-electron chi connectivity index (χ0n) is 11.1. The lowest BCUT2D eigenvalue weighted by molar-refractivity contribution is -0.131. The minimum atomic E-state index is -0.959. The van der Waals surface area contributed by atoms with Gasteiger partial charge in [-0.1, -0.05) is 17.7 Å². The Labute approximate surface area is 118 Å².